The Kier molecular flexibility index (Phi) is 7.12. The van der Waals surface area contributed by atoms with Crippen LogP contribution in [0.25, 0.3) is 6.08 Å². The van der Waals surface area contributed by atoms with E-state index in [1.165, 1.54) is 6.08 Å². The third-order valence-corrected chi connectivity index (χ3v) is 4.59. The third-order valence-electron chi connectivity index (χ3n) is 4.59. The molecule has 0 aliphatic heterocycles. The van der Waals surface area contributed by atoms with E-state index in [4.69, 9.17) is 19.7 Å². The van der Waals surface area contributed by atoms with Crippen LogP contribution < -0.4 is 25.8 Å². The molecular weight excluding hydrogens is 412 g/mol. The maximum atomic E-state index is 12.2. The molecular formula is C23H24N4O5. The van der Waals surface area contributed by atoms with Gasteiger partial charge in [-0.2, -0.15) is 0 Å². The number of hydrogen-bond donors (Lipinski definition) is 3. The first-order valence-electron chi connectivity index (χ1n) is 9.74. The molecule has 32 heavy (non-hydrogen) atoms. The number of aromatic nitrogens is 1. The summed E-state index contributed by atoms with van der Waals surface area (Å²) < 4.78 is 16.4. The van der Waals surface area contributed by atoms with E-state index in [0.717, 1.165) is 16.8 Å². The number of carbonyl (C=O) groups is 2. The summed E-state index contributed by atoms with van der Waals surface area (Å²) in [4.78, 5) is 23.1. The Bertz CT molecular complexity index is 1120. The highest BCUT2D eigenvalue weighted by Gasteiger charge is 2.12. The molecule has 1 aromatic heterocycles. The van der Waals surface area contributed by atoms with E-state index in [-0.39, 0.29) is 5.91 Å². The van der Waals surface area contributed by atoms with Crippen molar-refractivity contribution in [3.63, 3.8) is 0 Å². The van der Waals surface area contributed by atoms with E-state index in [1.807, 2.05) is 19.9 Å². The Morgan fingerprint density at radius 2 is 1.75 bits per heavy atom. The normalized spacial score (nSPS) is 10.7. The lowest BCUT2D eigenvalue weighted by molar-refractivity contribution is -0.111. The monoisotopic (exact) mass is 436 g/mol. The summed E-state index contributed by atoms with van der Waals surface area (Å²) in [6.45, 7) is 4.00. The SMILES string of the molecule is COc1cc(/C=C/C(=O)Nc2ccc(NC(N)=O)cc2)ccc1OCc1c(C)noc1C. The van der Waals surface area contributed by atoms with Gasteiger partial charge in [0.1, 0.15) is 12.4 Å². The molecule has 166 valence electrons. The van der Waals surface area contributed by atoms with Crippen LogP contribution in [-0.2, 0) is 11.4 Å². The summed E-state index contributed by atoms with van der Waals surface area (Å²) in [5, 5.41) is 9.11. The molecule has 3 rings (SSSR count). The van der Waals surface area contributed by atoms with Gasteiger partial charge in [-0.3, -0.25) is 4.79 Å². The molecule has 0 aliphatic carbocycles. The summed E-state index contributed by atoms with van der Waals surface area (Å²) in [6.07, 6.45) is 3.08. The van der Waals surface area contributed by atoms with Crippen molar-refractivity contribution in [1.82, 2.24) is 5.16 Å². The standard InChI is InChI=1S/C23H24N4O5/c1-14-19(15(2)32-27-14)13-31-20-10-4-16(12-21(20)30-3)5-11-22(28)25-17-6-8-18(9-7-17)26-23(24)29/h4-12H,13H2,1-3H3,(H,25,28)(H3,24,26,29)/b11-5+. The van der Waals surface area contributed by atoms with Gasteiger partial charge >= 0.3 is 6.03 Å². The average Bonchev–Trinajstić information content (AvgIpc) is 3.09. The van der Waals surface area contributed by atoms with Gasteiger partial charge in [-0.1, -0.05) is 11.2 Å². The highest BCUT2D eigenvalue weighted by atomic mass is 16.5. The Morgan fingerprint density at radius 1 is 1.06 bits per heavy atom. The van der Waals surface area contributed by atoms with Crippen molar-refractivity contribution >= 4 is 29.4 Å². The lowest BCUT2D eigenvalue weighted by Crippen LogP contribution is -2.19. The van der Waals surface area contributed by atoms with Gasteiger partial charge in [0.25, 0.3) is 0 Å². The van der Waals surface area contributed by atoms with E-state index in [0.29, 0.717) is 35.2 Å². The molecule has 3 aromatic rings. The first kappa shape index (κ1) is 22.4. The first-order valence-corrected chi connectivity index (χ1v) is 9.74. The summed E-state index contributed by atoms with van der Waals surface area (Å²) in [7, 11) is 1.55. The number of primary amides is 1. The smallest absolute Gasteiger partial charge is 0.316 e. The molecule has 0 unspecified atom stereocenters. The number of methoxy groups -OCH3 is 1. The van der Waals surface area contributed by atoms with Gasteiger partial charge in [0.15, 0.2) is 11.5 Å². The largest absolute Gasteiger partial charge is 0.493 e. The minimum atomic E-state index is -0.653. The number of nitrogens with zero attached hydrogens (tertiary/aromatic N) is 1. The van der Waals surface area contributed by atoms with Crippen LogP contribution in [0.5, 0.6) is 11.5 Å². The maximum Gasteiger partial charge on any atom is 0.316 e. The molecule has 3 amide bonds. The van der Waals surface area contributed by atoms with E-state index in [9.17, 15) is 9.59 Å². The number of nitrogens with one attached hydrogen (secondary N) is 2. The first-order chi connectivity index (χ1) is 15.4. The molecule has 0 atom stereocenters. The van der Waals surface area contributed by atoms with Crippen LogP contribution in [0, 0.1) is 13.8 Å². The van der Waals surface area contributed by atoms with Gasteiger partial charge in [-0.05, 0) is 61.9 Å². The van der Waals surface area contributed by atoms with Crippen molar-refractivity contribution in [2.24, 2.45) is 5.73 Å². The fourth-order valence-electron chi connectivity index (χ4n) is 2.90. The molecule has 2 aromatic carbocycles. The number of aryl methyl sites for hydroxylation is 2. The predicted octanol–water partition coefficient (Wildman–Crippen LogP) is 4.02. The fraction of sp³-hybridized carbons (Fsp3) is 0.174. The number of urea groups is 1. The van der Waals surface area contributed by atoms with E-state index in [2.05, 4.69) is 15.8 Å². The third kappa shape index (κ3) is 5.88. The second-order valence-corrected chi connectivity index (χ2v) is 6.89. The minimum Gasteiger partial charge on any atom is -0.493 e. The molecule has 9 heteroatoms. The van der Waals surface area contributed by atoms with Crippen molar-refractivity contribution in [3.05, 3.63) is 71.1 Å². The fourth-order valence-corrected chi connectivity index (χ4v) is 2.90. The van der Waals surface area contributed by atoms with Gasteiger partial charge in [-0.15, -0.1) is 0 Å². The van der Waals surface area contributed by atoms with Crippen molar-refractivity contribution in [1.29, 1.82) is 0 Å². The molecule has 0 fully saturated rings. The van der Waals surface area contributed by atoms with E-state index in [1.54, 1.807) is 49.6 Å². The van der Waals surface area contributed by atoms with Crippen LogP contribution in [0.1, 0.15) is 22.6 Å². The van der Waals surface area contributed by atoms with Gasteiger partial charge in [-0.25, -0.2) is 4.79 Å². The van der Waals surface area contributed by atoms with Gasteiger partial charge in [0.2, 0.25) is 5.91 Å². The summed E-state index contributed by atoms with van der Waals surface area (Å²) >= 11 is 0. The Morgan fingerprint density at radius 3 is 2.34 bits per heavy atom. The molecule has 1 heterocycles. The average molecular weight is 436 g/mol. The van der Waals surface area contributed by atoms with Gasteiger partial charge < -0.3 is 30.4 Å². The van der Waals surface area contributed by atoms with E-state index < -0.39 is 6.03 Å². The highest BCUT2D eigenvalue weighted by Crippen LogP contribution is 2.30. The molecule has 0 spiro atoms. The number of benzene rings is 2. The number of hydrogen-bond acceptors (Lipinski definition) is 6. The van der Waals surface area contributed by atoms with Crippen molar-refractivity contribution in [2.45, 2.75) is 20.5 Å². The minimum absolute atomic E-state index is 0.307. The van der Waals surface area contributed by atoms with Crippen LogP contribution in [0.4, 0.5) is 16.2 Å². The number of ether oxygens (including phenoxy) is 2. The highest BCUT2D eigenvalue weighted by molar-refractivity contribution is 6.02. The zero-order valence-electron chi connectivity index (χ0n) is 18.0. The zero-order valence-corrected chi connectivity index (χ0v) is 18.0. The quantitative estimate of drug-likeness (QED) is 0.458. The van der Waals surface area contributed by atoms with Gasteiger partial charge in [0.05, 0.1) is 18.4 Å². The van der Waals surface area contributed by atoms with Crippen LogP contribution in [0.3, 0.4) is 0 Å². The van der Waals surface area contributed by atoms with Crippen molar-refractivity contribution in [2.75, 3.05) is 17.7 Å². The predicted molar refractivity (Wildman–Crippen MR) is 121 cm³/mol. The molecule has 0 bridgehead atoms. The Hall–Kier alpha value is -4.27. The number of nitrogens with two attached hydrogens (primary N) is 1. The molecule has 4 N–H and O–H groups in total. The molecule has 0 saturated carbocycles. The summed E-state index contributed by atoms with van der Waals surface area (Å²) in [5.41, 5.74) is 8.63. The van der Waals surface area contributed by atoms with Crippen LogP contribution in [-0.4, -0.2) is 24.2 Å². The Labute approximate surface area is 185 Å². The topological polar surface area (TPSA) is 129 Å². The second kappa shape index (κ2) is 10.2. The van der Waals surface area contributed by atoms with Crippen LogP contribution in [0.15, 0.2) is 53.1 Å². The number of anilines is 2. The molecule has 0 aliphatic rings. The van der Waals surface area contributed by atoms with Crippen LogP contribution in [0.2, 0.25) is 0 Å². The van der Waals surface area contributed by atoms with Crippen molar-refractivity contribution in [3.8, 4) is 11.5 Å². The lowest BCUT2D eigenvalue weighted by Gasteiger charge is -2.11. The number of carbonyl (C=O) groups excluding carboxylic acids is 2. The zero-order chi connectivity index (χ0) is 23.1. The lowest BCUT2D eigenvalue weighted by atomic mass is 10.1. The Balaban J connectivity index is 1.61. The van der Waals surface area contributed by atoms with Crippen molar-refractivity contribution < 1.29 is 23.6 Å². The molecule has 0 radical (unpaired) electrons. The molecule has 0 saturated heterocycles. The number of amides is 3. The van der Waals surface area contributed by atoms with Crippen LogP contribution >= 0.6 is 0 Å². The summed E-state index contributed by atoms with van der Waals surface area (Å²) in [5.74, 6) is 1.51. The second-order valence-electron chi connectivity index (χ2n) is 6.89. The van der Waals surface area contributed by atoms with Gasteiger partial charge in [0, 0.05) is 17.5 Å². The summed E-state index contributed by atoms with van der Waals surface area (Å²) in [6, 6.07) is 11.3. The molecule has 9 nitrogen and oxygen atoms in total. The number of rotatable bonds is 8. The van der Waals surface area contributed by atoms with E-state index >= 15 is 0 Å². The maximum absolute atomic E-state index is 12.2.